The van der Waals surface area contributed by atoms with Crippen molar-refractivity contribution in [3.8, 4) is 0 Å². The summed E-state index contributed by atoms with van der Waals surface area (Å²) in [5.74, 6) is 0.311. The second kappa shape index (κ2) is 5.22. The van der Waals surface area contributed by atoms with E-state index in [9.17, 15) is 4.79 Å². The highest BCUT2D eigenvalue weighted by Crippen LogP contribution is 2.12. The molecule has 6 nitrogen and oxygen atoms in total. The Bertz CT molecular complexity index is 553. The first-order valence-electron chi connectivity index (χ1n) is 5.42. The molecule has 0 aliphatic rings. The fourth-order valence-electron chi connectivity index (χ4n) is 1.36. The van der Waals surface area contributed by atoms with E-state index in [2.05, 4.69) is 25.6 Å². The van der Waals surface area contributed by atoms with Gasteiger partial charge in [-0.05, 0) is 18.6 Å². The third kappa shape index (κ3) is 2.60. The van der Waals surface area contributed by atoms with Gasteiger partial charge in [-0.15, -0.1) is 0 Å². The molecule has 0 aliphatic heterocycles. The number of hydrogen-bond acceptors (Lipinski definition) is 5. The summed E-state index contributed by atoms with van der Waals surface area (Å²) in [5.41, 5.74) is 1.87. The standard InChI is InChI=1S/C12H13N5O/c1-8-3-4-14-5-9(8)17-12(18)10-6-16-11(13-2)7-15-10/h3-7H,1-2H3,(H,13,16)(H,17,18). The lowest BCUT2D eigenvalue weighted by molar-refractivity contribution is 0.102. The van der Waals surface area contributed by atoms with E-state index in [0.717, 1.165) is 5.56 Å². The van der Waals surface area contributed by atoms with Crippen molar-refractivity contribution < 1.29 is 4.79 Å². The summed E-state index contributed by atoms with van der Waals surface area (Å²) in [6, 6.07) is 1.82. The first-order valence-corrected chi connectivity index (χ1v) is 5.42. The van der Waals surface area contributed by atoms with Crippen molar-refractivity contribution in [2.75, 3.05) is 17.7 Å². The van der Waals surface area contributed by atoms with E-state index in [-0.39, 0.29) is 11.6 Å². The average molecular weight is 243 g/mol. The van der Waals surface area contributed by atoms with Crippen molar-refractivity contribution in [3.05, 3.63) is 42.1 Å². The fraction of sp³-hybridized carbons (Fsp3) is 0.167. The van der Waals surface area contributed by atoms with Crippen molar-refractivity contribution in [2.45, 2.75) is 6.92 Å². The van der Waals surface area contributed by atoms with Gasteiger partial charge in [-0.2, -0.15) is 0 Å². The van der Waals surface area contributed by atoms with E-state index in [4.69, 9.17) is 0 Å². The lowest BCUT2D eigenvalue weighted by atomic mass is 10.2. The summed E-state index contributed by atoms with van der Waals surface area (Å²) >= 11 is 0. The van der Waals surface area contributed by atoms with Crippen LogP contribution in [-0.4, -0.2) is 27.9 Å². The van der Waals surface area contributed by atoms with E-state index in [0.29, 0.717) is 11.5 Å². The van der Waals surface area contributed by atoms with E-state index >= 15 is 0 Å². The number of carbonyl (C=O) groups excluding carboxylic acids is 1. The van der Waals surface area contributed by atoms with Crippen molar-refractivity contribution in [1.82, 2.24) is 15.0 Å². The number of nitrogens with zero attached hydrogens (tertiary/aromatic N) is 3. The molecule has 2 aromatic rings. The minimum absolute atomic E-state index is 0.261. The Morgan fingerprint density at radius 2 is 2.06 bits per heavy atom. The number of nitrogens with one attached hydrogen (secondary N) is 2. The van der Waals surface area contributed by atoms with Gasteiger partial charge in [0.2, 0.25) is 0 Å². The molecule has 0 aliphatic carbocycles. The molecule has 0 unspecified atom stereocenters. The molecule has 92 valence electrons. The number of pyridine rings is 1. The molecule has 2 rings (SSSR count). The molecule has 2 aromatic heterocycles. The molecule has 0 saturated heterocycles. The van der Waals surface area contributed by atoms with Crippen LogP contribution in [0.2, 0.25) is 0 Å². The molecule has 2 N–H and O–H groups in total. The molecular weight excluding hydrogens is 230 g/mol. The highest BCUT2D eigenvalue weighted by Gasteiger charge is 2.09. The van der Waals surface area contributed by atoms with Gasteiger partial charge in [-0.1, -0.05) is 0 Å². The molecule has 0 radical (unpaired) electrons. The van der Waals surface area contributed by atoms with Crippen LogP contribution in [0.15, 0.2) is 30.9 Å². The van der Waals surface area contributed by atoms with Crippen LogP contribution in [0.1, 0.15) is 16.1 Å². The average Bonchev–Trinajstić information content (AvgIpc) is 2.41. The predicted octanol–water partition coefficient (Wildman–Crippen LogP) is 1.47. The maximum absolute atomic E-state index is 11.9. The molecule has 0 saturated carbocycles. The predicted molar refractivity (Wildman–Crippen MR) is 68.5 cm³/mol. The van der Waals surface area contributed by atoms with Crippen molar-refractivity contribution in [2.24, 2.45) is 0 Å². The van der Waals surface area contributed by atoms with Crippen molar-refractivity contribution in [1.29, 1.82) is 0 Å². The van der Waals surface area contributed by atoms with Gasteiger partial charge in [0.15, 0.2) is 0 Å². The summed E-state index contributed by atoms with van der Waals surface area (Å²) in [6.45, 7) is 1.90. The summed E-state index contributed by atoms with van der Waals surface area (Å²) in [5, 5.41) is 5.58. The zero-order chi connectivity index (χ0) is 13.0. The molecule has 0 aromatic carbocycles. The van der Waals surface area contributed by atoms with E-state index < -0.39 is 0 Å². The summed E-state index contributed by atoms with van der Waals surface area (Å²) in [7, 11) is 1.74. The number of anilines is 2. The lowest BCUT2D eigenvalue weighted by Crippen LogP contribution is -2.15. The normalized spacial score (nSPS) is 9.89. The van der Waals surface area contributed by atoms with Crippen LogP contribution in [0.5, 0.6) is 0 Å². The quantitative estimate of drug-likeness (QED) is 0.853. The molecule has 6 heteroatoms. The van der Waals surface area contributed by atoms with Gasteiger partial charge in [0.25, 0.3) is 5.91 Å². The Morgan fingerprint density at radius 1 is 1.22 bits per heavy atom. The van der Waals surface area contributed by atoms with Crippen LogP contribution in [0, 0.1) is 6.92 Å². The largest absolute Gasteiger partial charge is 0.372 e. The molecular formula is C12H13N5O. The van der Waals surface area contributed by atoms with E-state index in [1.54, 1.807) is 19.4 Å². The van der Waals surface area contributed by atoms with Crippen LogP contribution in [0.3, 0.4) is 0 Å². The third-order valence-corrected chi connectivity index (χ3v) is 2.43. The van der Waals surface area contributed by atoms with Gasteiger partial charge in [0.05, 0.1) is 24.3 Å². The highest BCUT2D eigenvalue weighted by atomic mass is 16.1. The second-order valence-electron chi connectivity index (χ2n) is 3.68. The van der Waals surface area contributed by atoms with Crippen LogP contribution in [-0.2, 0) is 0 Å². The zero-order valence-corrected chi connectivity index (χ0v) is 10.1. The zero-order valence-electron chi connectivity index (χ0n) is 10.1. The third-order valence-electron chi connectivity index (χ3n) is 2.43. The Morgan fingerprint density at radius 3 is 2.67 bits per heavy atom. The number of aryl methyl sites for hydroxylation is 1. The second-order valence-corrected chi connectivity index (χ2v) is 3.68. The fourth-order valence-corrected chi connectivity index (χ4v) is 1.36. The number of amides is 1. The van der Waals surface area contributed by atoms with Crippen LogP contribution >= 0.6 is 0 Å². The van der Waals surface area contributed by atoms with Gasteiger partial charge in [0, 0.05) is 13.2 Å². The molecule has 1 amide bonds. The number of carbonyl (C=O) groups is 1. The van der Waals surface area contributed by atoms with E-state index in [1.165, 1.54) is 12.4 Å². The maximum atomic E-state index is 11.9. The molecule has 0 fully saturated rings. The topological polar surface area (TPSA) is 79.8 Å². The van der Waals surface area contributed by atoms with Gasteiger partial charge >= 0.3 is 0 Å². The molecule has 0 atom stereocenters. The highest BCUT2D eigenvalue weighted by molar-refractivity contribution is 6.02. The van der Waals surface area contributed by atoms with Gasteiger partial charge < -0.3 is 10.6 Å². The molecule has 2 heterocycles. The van der Waals surface area contributed by atoms with Crippen molar-refractivity contribution in [3.63, 3.8) is 0 Å². The molecule has 0 spiro atoms. The Labute approximate surface area is 105 Å². The first-order chi connectivity index (χ1) is 8.70. The SMILES string of the molecule is CNc1cnc(C(=O)Nc2cnccc2C)cn1. The smallest absolute Gasteiger partial charge is 0.275 e. The summed E-state index contributed by atoms with van der Waals surface area (Å²) in [6.07, 6.45) is 6.20. The summed E-state index contributed by atoms with van der Waals surface area (Å²) < 4.78 is 0. The van der Waals surface area contributed by atoms with Gasteiger partial charge in [0.1, 0.15) is 11.5 Å². The molecule has 0 bridgehead atoms. The number of rotatable bonds is 3. The molecule has 18 heavy (non-hydrogen) atoms. The monoisotopic (exact) mass is 243 g/mol. The van der Waals surface area contributed by atoms with Gasteiger partial charge in [-0.25, -0.2) is 9.97 Å². The number of hydrogen-bond donors (Lipinski definition) is 2. The van der Waals surface area contributed by atoms with Crippen molar-refractivity contribution >= 4 is 17.4 Å². The Balaban J connectivity index is 2.14. The minimum atomic E-state index is -0.304. The van der Waals surface area contributed by atoms with E-state index in [1.807, 2.05) is 13.0 Å². The number of aromatic nitrogens is 3. The Kier molecular flexibility index (Phi) is 3.47. The van der Waals surface area contributed by atoms with Gasteiger partial charge in [-0.3, -0.25) is 9.78 Å². The Hall–Kier alpha value is -2.50. The first kappa shape index (κ1) is 12.0. The summed E-state index contributed by atoms with van der Waals surface area (Å²) in [4.78, 5) is 23.9. The van der Waals surface area contributed by atoms with Crippen LogP contribution in [0.4, 0.5) is 11.5 Å². The minimum Gasteiger partial charge on any atom is -0.372 e. The lowest BCUT2D eigenvalue weighted by Gasteiger charge is -2.06. The maximum Gasteiger partial charge on any atom is 0.275 e. The van der Waals surface area contributed by atoms with Crippen LogP contribution in [0.25, 0.3) is 0 Å². The van der Waals surface area contributed by atoms with Crippen LogP contribution < -0.4 is 10.6 Å².